The largest absolute Gasteiger partial charge is 0.349 e. The maximum Gasteiger partial charge on any atom is 0.284 e. The smallest absolute Gasteiger partial charge is 0.284 e. The van der Waals surface area contributed by atoms with E-state index < -0.39 is 5.91 Å². The molecule has 1 rings (SSSR count). The fourth-order valence-electron chi connectivity index (χ4n) is 1.50. The predicted octanol–water partition coefficient (Wildman–Crippen LogP) is 0.492. The highest BCUT2D eigenvalue weighted by molar-refractivity contribution is 6.23. The minimum absolute atomic E-state index is 0.328. The standard InChI is InChI=1S/C8H13NO2/c10-6-8(11)9-5-7-3-1-2-4-7/h6-7H,1-5H2,(H,9,11). The number of carbonyl (C=O) groups is 2. The van der Waals surface area contributed by atoms with Gasteiger partial charge in [-0.2, -0.15) is 0 Å². The number of carbonyl (C=O) groups excluding carboxylic acids is 2. The van der Waals surface area contributed by atoms with Gasteiger partial charge in [-0.15, -0.1) is 0 Å². The predicted molar refractivity (Wildman–Crippen MR) is 41.0 cm³/mol. The first kappa shape index (κ1) is 8.24. The molecule has 0 spiro atoms. The molecule has 1 saturated carbocycles. The number of nitrogens with one attached hydrogen (secondary N) is 1. The van der Waals surface area contributed by atoms with Crippen LogP contribution in [0.15, 0.2) is 0 Å². The van der Waals surface area contributed by atoms with Crippen molar-refractivity contribution in [2.24, 2.45) is 5.92 Å². The van der Waals surface area contributed by atoms with E-state index in [9.17, 15) is 9.59 Å². The van der Waals surface area contributed by atoms with Crippen molar-refractivity contribution in [1.82, 2.24) is 5.32 Å². The molecule has 62 valence electrons. The molecule has 0 aromatic rings. The zero-order valence-electron chi connectivity index (χ0n) is 6.51. The maximum atomic E-state index is 10.5. The van der Waals surface area contributed by atoms with E-state index >= 15 is 0 Å². The Morgan fingerprint density at radius 1 is 1.45 bits per heavy atom. The topological polar surface area (TPSA) is 46.2 Å². The van der Waals surface area contributed by atoms with Crippen LogP contribution in [0.2, 0.25) is 0 Å². The molecule has 1 amide bonds. The van der Waals surface area contributed by atoms with Gasteiger partial charge in [0.1, 0.15) is 0 Å². The van der Waals surface area contributed by atoms with Gasteiger partial charge in [0.05, 0.1) is 0 Å². The van der Waals surface area contributed by atoms with Crippen LogP contribution >= 0.6 is 0 Å². The van der Waals surface area contributed by atoms with Crippen molar-refractivity contribution >= 4 is 12.2 Å². The second-order valence-electron chi connectivity index (χ2n) is 3.01. The molecule has 0 saturated heterocycles. The van der Waals surface area contributed by atoms with Gasteiger partial charge in [-0.3, -0.25) is 9.59 Å². The fraction of sp³-hybridized carbons (Fsp3) is 0.750. The summed E-state index contributed by atoms with van der Waals surface area (Å²) in [4.78, 5) is 20.4. The second kappa shape index (κ2) is 4.11. The van der Waals surface area contributed by atoms with Crippen molar-refractivity contribution in [3.05, 3.63) is 0 Å². The van der Waals surface area contributed by atoms with Crippen molar-refractivity contribution in [2.75, 3.05) is 6.54 Å². The first-order chi connectivity index (χ1) is 5.33. The first-order valence-electron chi connectivity index (χ1n) is 4.06. The summed E-state index contributed by atoms with van der Waals surface area (Å²) < 4.78 is 0. The van der Waals surface area contributed by atoms with Gasteiger partial charge in [-0.05, 0) is 18.8 Å². The van der Waals surface area contributed by atoms with Crippen LogP contribution in [0, 0.1) is 5.92 Å². The molecule has 1 aliphatic carbocycles. The fourth-order valence-corrected chi connectivity index (χ4v) is 1.50. The van der Waals surface area contributed by atoms with Crippen molar-refractivity contribution in [3.8, 4) is 0 Å². The van der Waals surface area contributed by atoms with Crippen LogP contribution in [-0.4, -0.2) is 18.7 Å². The molecule has 0 aromatic carbocycles. The quantitative estimate of drug-likeness (QED) is 0.476. The van der Waals surface area contributed by atoms with E-state index in [1.807, 2.05) is 0 Å². The summed E-state index contributed by atoms with van der Waals surface area (Å²) in [6.45, 7) is 0.678. The van der Waals surface area contributed by atoms with Crippen molar-refractivity contribution in [1.29, 1.82) is 0 Å². The molecule has 0 aromatic heterocycles. The lowest BCUT2D eigenvalue weighted by Gasteiger charge is -2.07. The van der Waals surface area contributed by atoms with Gasteiger partial charge < -0.3 is 5.32 Å². The summed E-state index contributed by atoms with van der Waals surface area (Å²) in [5.41, 5.74) is 0. The average Bonchev–Trinajstić information content (AvgIpc) is 2.52. The minimum atomic E-state index is -0.489. The molecule has 0 unspecified atom stereocenters. The highest BCUT2D eigenvalue weighted by Crippen LogP contribution is 2.23. The van der Waals surface area contributed by atoms with Gasteiger partial charge in [0.25, 0.3) is 5.91 Å². The third kappa shape index (κ3) is 2.70. The molecular weight excluding hydrogens is 142 g/mol. The second-order valence-corrected chi connectivity index (χ2v) is 3.01. The highest BCUT2D eigenvalue weighted by Gasteiger charge is 2.14. The van der Waals surface area contributed by atoms with Gasteiger partial charge >= 0.3 is 0 Å². The molecule has 3 nitrogen and oxygen atoms in total. The Morgan fingerprint density at radius 2 is 2.09 bits per heavy atom. The minimum Gasteiger partial charge on any atom is -0.349 e. The summed E-state index contributed by atoms with van der Waals surface area (Å²) in [7, 11) is 0. The van der Waals surface area contributed by atoms with Crippen LogP contribution < -0.4 is 5.32 Å². The van der Waals surface area contributed by atoms with E-state index in [0.717, 1.165) is 0 Å². The Balaban J connectivity index is 2.10. The lowest BCUT2D eigenvalue weighted by molar-refractivity contribution is -0.131. The summed E-state index contributed by atoms with van der Waals surface area (Å²) >= 11 is 0. The van der Waals surface area contributed by atoms with Crippen molar-refractivity contribution < 1.29 is 9.59 Å². The van der Waals surface area contributed by atoms with Gasteiger partial charge in [0.2, 0.25) is 6.29 Å². The number of hydrogen-bond acceptors (Lipinski definition) is 2. The third-order valence-corrected chi connectivity index (χ3v) is 2.15. The van der Waals surface area contributed by atoms with E-state index in [1.165, 1.54) is 25.7 Å². The summed E-state index contributed by atoms with van der Waals surface area (Å²) in [5.74, 6) is 0.121. The van der Waals surface area contributed by atoms with Crippen LogP contribution in [0.5, 0.6) is 0 Å². The number of hydrogen-bond donors (Lipinski definition) is 1. The van der Waals surface area contributed by atoms with Crippen molar-refractivity contribution in [3.63, 3.8) is 0 Å². The summed E-state index contributed by atoms with van der Waals surface area (Å²) in [6, 6.07) is 0. The van der Waals surface area contributed by atoms with E-state index in [1.54, 1.807) is 0 Å². The van der Waals surface area contributed by atoms with Crippen LogP contribution in [-0.2, 0) is 9.59 Å². The molecule has 11 heavy (non-hydrogen) atoms. The van der Waals surface area contributed by atoms with E-state index in [2.05, 4.69) is 5.32 Å². The van der Waals surface area contributed by atoms with E-state index in [4.69, 9.17) is 0 Å². The molecule has 0 aliphatic heterocycles. The summed E-state index contributed by atoms with van der Waals surface area (Å²) in [6.07, 6.45) is 5.25. The Hall–Kier alpha value is -0.860. The van der Waals surface area contributed by atoms with Gasteiger partial charge in [0, 0.05) is 6.54 Å². The lowest BCUT2D eigenvalue weighted by atomic mass is 10.1. The highest BCUT2D eigenvalue weighted by atomic mass is 16.2. The Bertz CT molecular complexity index is 150. The Morgan fingerprint density at radius 3 is 2.64 bits per heavy atom. The molecule has 1 fully saturated rings. The zero-order valence-corrected chi connectivity index (χ0v) is 6.51. The summed E-state index contributed by atoms with van der Waals surface area (Å²) in [5, 5.41) is 2.57. The average molecular weight is 155 g/mol. The maximum absolute atomic E-state index is 10.5. The third-order valence-electron chi connectivity index (χ3n) is 2.15. The van der Waals surface area contributed by atoms with Gasteiger partial charge in [-0.1, -0.05) is 12.8 Å². The normalized spacial score (nSPS) is 18.2. The molecular formula is C8H13NO2. The molecule has 1 N–H and O–H groups in total. The van der Waals surface area contributed by atoms with Gasteiger partial charge in [0.15, 0.2) is 0 Å². The number of amides is 1. The molecule has 3 heteroatoms. The SMILES string of the molecule is O=CC(=O)NCC1CCCC1. The number of aldehydes is 1. The van der Waals surface area contributed by atoms with Crippen LogP contribution in [0.3, 0.4) is 0 Å². The lowest BCUT2D eigenvalue weighted by Crippen LogP contribution is -2.28. The van der Waals surface area contributed by atoms with Gasteiger partial charge in [-0.25, -0.2) is 0 Å². The Kier molecular flexibility index (Phi) is 3.08. The van der Waals surface area contributed by atoms with E-state index in [0.29, 0.717) is 18.7 Å². The molecule has 1 aliphatic rings. The number of rotatable bonds is 3. The van der Waals surface area contributed by atoms with Crippen LogP contribution in [0.4, 0.5) is 0 Å². The van der Waals surface area contributed by atoms with Crippen molar-refractivity contribution in [2.45, 2.75) is 25.7 Å². The molecule has 0 bridgehead atoms. The molecule has 0 radical (unpaired) electrons. The van der Waals surface area contributed by atoms with Crippen LogP contribution in [0.1, 0.15) is 25.7 Å². The van der Waals surface area contributed by atoms with Crippen LogP contribution in [0.25, 0.3) is 0 Å². The zero-order chi connectivity index (χ0) is 8.10. The molecule has 0 heterocycles. The monoisotopic (exact) mass is 155 g/mol. The Labute approximate surface area is 66.2 Å². The first-order valence-corrected chi connectivity index (χ1v) is 4.06. The van der Waals surface area contributed by atoms with E-state index in [-0.39, 0.29) is 0 Å². The molecule has 0 atom stereocenters.